The van der Waals surface area contributed by atoms with Gasteiger partial charge in [0.1, 0.15) is 0 Å². The minimum atomic E-state index is -0.609. The summed E-state index contributed by atoms with van der Waals surface area (Å²) in [5, 5.41) is 3.34. The lowest BCUT2D eigenvalue weighted by molar-refractivity contribution is -0.144. The molecule has 7 nitrogen and oxygen atoms in total. The fourth-order valence-electron chi connectivity index (χ4n) is 4.58. The molecule has 1 aliphatic carbocycles. The van der Waals surface area contributed by atoms with E-state index in [0.29, 0.717) is 59.8 Å². The summed E-state index contributed by atoms with van der Waals surface area (Å²) < 4.78 is 16.7. The topological polar surface area (TPSA) is 90.9 Å². The monoisotopic (exact) mass is 469 g/mol. The van der Waals surface area contributed by atoms with Gasteiger partial charge >= 0.3 is 11.9 Å². The molecule has 34 heavy (non-hydrogen) atoms. The molecule has 2 aliphatic rings. The van der Waals surface area contributed by atoms with E-state index >= 15 is 0 Å². The zero-order valence-electron chi connectivity index (χ0n) is 21.2. The molecular formula is C27H35NO6. The Hall–Kier alpha value is -3.09. The van der Waals surface area contributed by atoms with Crippen LogP contribution >= 0.6 is 0 Å². The third-order valence-electron chi connectivity index (χ3n) is 6.20. The van der Waals surface area contributed by atoms with Crippen molar-refractivity contribution in [1.29, 1.82) is 0 Å². The fourth-order valence-corrected chi connectivity index (χ4v) is 4.58. The maximum Gasteiger partial charge on any atom is 0.337 e. The Bertz CT molecular complexity index is 1060. The molecule has 0 spiro atoms. The van der Waals surface area contributed by atoms with Crippen LogP contribution in [0, 0.1) is 5.41 Å². The lowest BCUT2D eigenvalue weighted by Gasteiger charge is -2.39. The van der Waals surface area contributed by atoms with Crippen molar-refractivity contribution in [3.05, 3.63) is 46.3 Å². The number of rotatable bonds is 7. The number of ketones is 1. The number of hydrogen-bond donors (Lipinski definition) is 1. The van der Waals surface area contributed by atoms with Gasteiger partial charge in [-0.3, -0.25) is 9.59 Å². The largest absolute Gasteiger partial charge is 0.490 e. The first-order valence-electron chi connectivity index (χ1n) is 11.9. The average Bonchev–Trinajstić information content (AvgIpc) is 2.72. The molecule has 0 radical (unpaired) electrons. The standard InChI is InChI=1S/C27H35NO6/c1-8-15(3)33-26(31)23-16(4)28-19-13-27(6,7)14-20(30)25(19)24(23)18-10-11-21(34-17(5)29)22(12-18)32-9-2/h10-12,15,24,28H,8-9,13-14H2,1-7H3/t15-,24+/m1/s1. The van der Waals surface area contributed by atoms with E-state index in [4.69, 9.17) is 14.2 Å². The molecule has 3 rings (SSSR count). The van der Waals surface area contributed by atoms with E-state index < -0.39 is 17.9 Å². The van der Waals surface area contributed by atoms with Crippen LogP contribution in [0.15, 0.2) is 40.7 Å². The Morgan fingerprint density at radius 1 is 1.18 bits per heavy atom. The highest BCUT2D eigenvalue weighted by Crippen LogP contribution is 2.48. The number of carbonyl (C=O) groups is 3. The van der Waals surface area contributed by atoms with Crippen molar-refractivity contribution in [2.75, 3.05) is 6.61 Å². The summed E-state index contributed by atoms with van der Waals surface area (Å²) in [4.78, 5) is 38.3. The van der Waals surface area contributed by atoms with Gasteiger partial charge in [0.15, 0.2) is 17.3 Å². The Kier molecular flexibility index (Phi) is 7.54. The number of hydrogen-bond acceptors (Lipinski definition) is 7. The maximum atomic E-state index is 13.4. The Morgan fingerprint density at radius 2 is 1.88 bits per heavy atom. The number of allylic oxidation sites excluding steroid dienone is 3. The molecule has 0 unspecified atom stereocenters. The van der Waals surface area contributed by atoms with Gasteiger partial charge in [-0.2, -0.15) is 0 Å². The lowest BCUT2D eigenvalue weighted by atomic mass is 9.68. The number of dihydropyridines is 1. The first-order chi connectivity index (χ1) is 16.0. The Labute approximate surface area is 201 Å². The van der Waals surface area contributed by atoms with E-state index in [9.17, 15) is 14.4 Å². The van der Waals surface area contributed by atoms with Gasteiger partial charge in [-0.05, 0) is 56.7 Å². The van der Waals surface area contributed by atoms with Crippen LogP contribution in [0.25, 0.3) is 0 Å². The first-order valence-corrected chi connectivity index (χ1v) is 11.9. The van der Waals surface area contributed by atoms with Gasteiger partial charge in [0.2, 0.25) is 0 Å². The van der Waals surface area contributed by atoms with Crippen LogP contribution < -0.4 is 14.8 Å². The third kappa shape index (κ3) is 5.34. The number of carbonyl (C=O) groups excluding carboxylic acids is 3. The molecule has 1 aromatic carbocycles. The van der Waals surface area contributed by atoms with Crippen LogP contribution in [-0.4, -0.2) is 30.4 Å². The van der Waals surface area contributed by atoms with Crippen LogP contribution in [0.3, 0.4) is 0 Å². The van der Waals surface area contributed by atoms with Crippen molar-refractivity contribution in [3.63, 3.8) is 0 Å². The second kappa shape index (κ2) is 10.0. The van der Waals surface area contributed by atoms with E-state index in [-0.39, 0.29) is 17.3 Å². The van der Waals surface area contributed by atoms with Gasteiger partial charge < -0.3 is 19.5 Å². The van der Waals surface area contributed by atoms with E-state index in [1.54, 1.807) is 18.2 Å². The predicted octanol–water partition coefficient (Wildman–Crippen LogP) is 4.96. The highest BCUT2D eigenvalue weighted by molar-refractivity contribution is 6.04. The van der Waals surface area contributed by atoms with Crippen LogP contribution in [0.1, 0.15) is 79.2 Å². The first kappa shape index (κ1) is 25.5. The SMILES string of the molecule is CCOc1cc([C@H]2C(C(=O)O[C@H](C)CC)=C(C)NC3=C2C(=O)CC(C)(C)C3)ccc1OC(C)=O. The zero-order chi connectivity index (χ0) is 25.2. The maximum absolute atomic E-state index is 13.4. The molecule has 2 atom stereocenters. The van der Waals surface area contributed by atoms with Crippen LogP contribution in [0.2, 0.25) is 0 Å². The lowest BCUT2D eigenvalue weighted by Crippen LogP contribution is -2.39. The van der Waals surface area contributed by atoms with Gasteiger partial charge in [0.25, 0.3) is 0 Å². The van der Waals surface area contributed by atoms with Crippen molar-refractivity contribution < 1.29 is 28.6 Å². The van der Waals surface area contributed by atoms with Crippen molar-refractivity contribution in [1.82, 2.24) is 5.32 Å². The highest BCUT2D eigenvalue weighted by Gasteiger charge is 2.43. The van der Waals surface area contributed by atoms with Crippen LogP contribution in [0.5, 0.6) is 11.5 Å². The number of nitrogens with one attached hydrogen (secondary N) is 1. The Morgan fingerprint density at radius 3 is 2.50 bits per heavy atom. The van der Waals surface area contributed by atoms with Gasteiger partial charge in [0.05, 0.1) is 18.3 Å². The van der Waals surface area contributed by atoms with Gasteiger partial charge in [0, 0.05) is 36.2 Å². The second-order valence-corrected chi connectivity index (χ2v) is 9.79. The van der Waals surface area contributed by atoms with Gasteiger partial charge in [-0.15, -0.1) is 0 Å². The average molecular weight is 470 g/mol. The summed E-state index contributed by atoms with van der Waals surface area (Å²) >= 11 is 0. The van der Waals surface area contributed by atoms with Gasteiger partial charge in [-0.25, -0.2) is 4.79 Å². The summed E-state index contributed by atoms with van der Waals surface area (Å²) in [6.07, 6.45) is 1.51. The van der Waals surface area contributed by atoms with Gasteiger partial charge in [-0.1, -0.05) is 26.8 Å². The van der Waals surface area contributed by atoms with Crippen molar-refractivity contribution in [2.45, 2.75) is 79.8 Å². The number of benzene rings is 1. The molecule has 0 saturated carbocycles. The molecule has 0 bridgehead atoms. The number of esters is 2. The normalized spacial score (nSPS) is 20.3. The minimum Gasteiger partial charge on any atom is -0.490 e. The van der Waals surface area contributed by atoms with E-state index in [1.807, 2.05) is 27.7 Å². The molecule has 0 aromatic heterocycles. The summed E-state index contributed by atoms with van der Waals surface area (Å²) in [6, 6.07) is 5.17. The second-order valence-electron chi connectivity index (χ2n) is 9.79. The third-order valence-corrected chi connectivity index (χ3v) is 6.20. The molecular weight excluding hydrogens is 434 g/mol. The molecule has 0 amide bonds. The molecule has 1 N–H and O–H groups in total. The minimum absolute atomic E-state index is 0.00659. The molecule has 7 heteroatoms. The summed E-state index contributed by atoms with van der Waals surface area (Å²) in [5.41, 5.74) is 3.03. The smallest absolute Gasteiger partial charge is 0.337 e. The molecule has 1 heterocycles. The predicted molar refractivity (Wildman–Crippen MR) is 128 cm³/mol. The summed E-state index contributed by atoms with van der Waals surface area (Å²) in [7, 11) is 0. The quantitative estimate of drug-likeness (QED) is 0.446. The number of Topliss-reactive ketones (excluding diaryl/α,β-unsaturated/α-hetero) is 1. The number of ether oxygens (including phenoxy) is 3. The van der Waals surface area contributed by atoms with Crippen molar-refractivity contribution >= 4 is 17.7 Å². The van der Waals surface area contributed by atoms with Crippen molar-refractivity contribution in [2.24, 2.45) is 5.41 Å². The Balaban J connectivity index is 2.18. The van der Waals surface area contributed by atoms with Crippen LogP contribution in [-0.2, 0) is 19.1 Å². The zero-order valence-corrected chi connectivity index (χ0v) is 21.2. The van der Waals surface area contributed by atoms with E-state index in [0.717, 1.165) is 5.70 Å². The molecule has 1 aliphatic heterocycles. The summed E-state index contributed by atoms with van der Waals surface area (Å²) in [6.45, 7) is 13.3. The summed E-state index contributed by atoms with van der Waals surface area (Å²) in [5.74, 6) is -0.836. The van der Waals surface area contributed by atoms with Crippen molar-refractivity contribution in [3.8, 4) is 11.5 Å². The van der Waals surface area contributed by atoms with E-state index in [1.165, 1.54) is 6.92 Å². The molecule has 184 valence electrons. The highest BCUT2D eigenvalue weighted by atomic mass is 16.6. The van der Waals surface area contributed by atoms with Crippen LogP contribution in [0.4, 0.5) is 0 Å². The van der Waals surface area contributed by atoms with E-state index in [2.05, 4.69) is 19.2 Å². The molecule has 0 fully saturated rings. The fraction of sp³-hybridized carbons (Fsp3) is 0.519. The molecule has 1 aromatic rings. The molecule has 0 saturated heterocycles.